The van der Waals surface area contributed by atoms with Crippen molar-refractivity contribution in [1.82, 2.24) is 20.3 Å². The van der Waals surface area contributed by atoms with E-state index in [9.17, 15) is 28.8 Å². The zero-order chi connectivity index (χ0) is 31.1. The maximum absolute atomic E-state index is 16.3. The van der Waals surface area contributed by atoms with Crippen LogP contribution in [0.1, 0.15) is 46.4 Å². The molecule has 0 aromatic carbocycles. The molecule has 1 aliphatic rings. The monoisotopic (exact) mass is 590 g/mol. The lowest BCUT2D eigenvalue weighted by atomic mass is 9.85. The summed E-state index contributed by atoms with van der Waals surface area (Å²) in [5.41, 5.74) is 0.0379. The first kappa shape index (κ1) is 33.2. The maximum Gasteiger partial charge on any atom is 0.375 e. The third kappa shape index (κ3) is 8.02. The number of hydrogen-bond donors (Lipinski definition) is 1. The van der Waals surface area contributed by atoms with Gasteiger partial charge in [-0.25, -0.2) is 13.9 Å². The molecule has 2 rings (SSSR count). The highest BCUT2D eigenvalue weighted by Gasteiger charge is 2.65. The second kappa shape index (κ2) is 14.0. The highest BCUT2D eigenvalue weighted by Crippen LogP contribution is 2.42. The molecule has 17 heteroatoms. The Morgan fingerprint density at radius 2 is 1.78 bits per heavy atom. The average Bonchev–Trinajstić information content (AvgIpc) is 3.34. The second-order valence-corrected chi connectivity index (χ2v) is 9.39. The van der Waals surface area contributed by atoms with Crippen molar-refractivity contribution in [3.63, 3.8) is 0 Å². The minimum Gasteiger partial charge on any atom is -0.465 e. The average molecular weight is 591 g/mol. The number of rotatable bonds is 12. The van der Waals surface area contributed by atoms with Gasteiger partial charge in [-0.2, -0.15) is 4.39 Å². The molecule has 1 aromatic rings. The van der Waals surface area contributed by atoms with E-state index < -0.39 is 84.7 Å². The van der Waals surface area contributed by atoms with Crippen LogP contribution in [0.2, 0.25) is 0 Å². The zero-order valence-electron chi connectivity index (χ0n) is 23.2. The summed E-state index contributed by atoms with van der Waals surface area (Å²) in [6, 6.07) is -3.63. The fourth-order valence-corrected chi connectivity index (χ4v) is 4.09. The van der Waals surface area contributed by atoms with Crippen molar-refractivity contribution in [2.75, 3.05) is 13.7 Å². The van der Waals surface area contributed by atoms with Crippen LogP contribution in [0.4, 0.5) is 8.78 Å². The van der Waals surface area contributed by atoms with Crippen LogP contribution in [-0.4, -0.2) is 101 Å². The van der Waals surface area contributed by atoms with Crippen LogP contribution >= 0.6 is 0 Å². The summed E-state index contributed by atoms with van der Waals surface area (Å²) in [5, 5.41) is 9.97. The predicted molar refractivity (Wildman–Crippen MR) is 129 cm³/mol. The van der Waals surface area contributed by atoms with Crippen LogP contribution in [0.5, 0.6) is 0 Å². The molecule has 1 N–H and O–H groups in total. The van der Waals surface area contributed by atoms with Crippen LogP contribution in [0.25, 0.3) is 0 Å². The van der Waals surface area contributed by atoms with Gasteiger partial charge in [-0.05, 0) is 0 Å². The molecule has 1 aromatic heterocycles. The van der Waals surface area contributed by atoms with Gasteiger partial charge in [0.1, 0.15) is 25.0 Å². The summed E-state index contributed by atoms with van der Waals surface area (Å²) in [6.45, 7) is 5.19. The third-order valence-electron chi connectivity index (χ3n) is 5.90. The van der Waals surface area contributed by atoms with Gasteiger partial charge in [0.05, 0.1) is 18.8 Å². The van der Waals surface area contributed by atoms with E-state index in [4.69, 9.17) is 18.9 Å². The van der Waals surface area contributed by atoms with Crippen molar-refractivity contribution in [1.29, 1.82) is 0 Å². The number of aromatic nitrogens is 3. The van der Waals surface area contributed by atoms with Gasteiger partial charge in [-0.15, -0.1) is 5.10 Å². The second-order valence-electron chi connectivity index (χ2n) is 9.39. The fourth-order valence-electron chi connectivity index (χ4n) is 4.09. The number of halogens is 2. The van der Waals surface area contributed by atoms with E-state index >= 15 is 8.78 Å². The summed E-state index contributed by atoms with van der Waals surface area (Å²) in [7, 11) is 0.764. The van der Waals surface area contributed by atoms with Crippen molar-refractivity contribution < 1.29 is 61.2 Å². The number of aldehydes is 1. The number of methoxy groups -OCH3 is 1. The van der Waals surface area contributed by atoms with Crippen LogP contribution in [0.15, 0.2) is 6.20 Å². The Morgan fingerprint density at radius 1 is 1.15 bits per heavy atom. The molecule has 1 aliphatic heterocycles. The molecule has 15 nitrogen and oxygen atoms in total. The van der Waals surface area contributed by atoms with Gasteiger partial charge >= 0.3 is 29.7 Å². The minimum absolute atomic E-state index is 0.0379. The number of alkyl halides is 2. The molecule has 41 heavy (non-hydrogen) atoms. The fraction of sp³-hybridized carbons (Fsp3) is 0.667. The molecule has 228 valence electrons. The van der Waals surface area contributed by atoms with Gasteiger partial charge in [0, 0.05) is 39.3 Å². The maximum atomic E-state index is 16.3. The number of nitrogens with one attached hydrogen (secondary N) is 1. The summed E-state index contributed by atoms with van der Waals surface area (Å²) in [5.74, 6) is -9.95. The van der Waals surface area contributed by atoms with Gasteiger partial charge in [0.15, 0.2) is 18.4 Å². The van der Waals surface area contributed by atoms with Gasteiger partial charge in [-0.3, -0.25) is 19.2 Å². The number of carbonyl (C=O) groups is 6. The van der Waals surface area contributed by atoms with E-state index in [1.807, 2.05) is 0 Å². The summed E-state index contributed by atoms with van der Waals surface area (Å²) in [6.07, 6.45) is -7.20. The smallest absolute Gasteiger partial charge is 0.375 e. The lowest BCUT2D eigenvalue weighted by Gasteiger charge is -2.48. The van der Waals surface area contributed by atoms with Crippen LogP contribution in [0, 0.1) is 5.92 Å². The molecule has 0 aliphatic carbocycles. The lowest BCUT2D eigenvalue weighted by Crippen LogP contribution is -2.70. The Hall–Kier alpha value is -4.02. The summed E-state index contributed by atoms with van der Waals surface area (Å²) in [4.78, 5) is 72.1. The highest BCUT2D eigenvalue weighted by molar-refractivity contribution is 5.80. The Labute approximate surface area is 233 Å². The molecule has 1 amide bonds. The quantitative estimate of drug-likeness (QED) is 0.190. The third-order valence-corrected chi connectivity index (χ3v) is 5.90. The van der Waals surface area contributed by atoms with Crippen molar-refractivity contribution in [2.24, 2.45) is 5.92 Å². The first-order valence-electron chi connectivity index (χ1n) is 12.4. The molecule has 2 heterocycles. The largest absolute Gasteiger partial charge is 0.465 e. The van der Waals surface area contributed by atoms with Gasteiger partial charge in [0.2, 0.25) is 5.91 Å². The molecular formula is C24H32F2N4O11. The minimum atomic E-state index is -3.89. The van der Waals surface area contributed by atoms with Crippen molar-refractivity contribution in [3.05, 3.63) is 11.9 Å². The summed E-state index contributed by atoms with van der Waals surface area (Å²) < 4.78 is 58.3. The van der Waals surface area contributed by atoms with Crippen LogP contribution in [-0.2, 0) is 58.9 Å². The Morgan fingerprint density at radius 3 is 2.29 bits per heavy atom. The van der Waals surface area contributed by atoms with Gasteiger partial charge < -0.3 is 33.8 Å². The molecule has 0 spiro atoms. The Bertz CT molecular complexity index is 1150. The lowest BCUT2D eigenvalue weighted by molar-refractivity contribution is -0.287. The SMILES string of the molecule is COC(=O)[C@]1(F)OC([C@H](OC(C)=O)[C@@H](COC(C)=O)OC(C)=O)[C@H](NC(=O)C(C)C)C(n2cc(CC=O)nn2)[C@@H]1F. The molecule has 0 bridgehead atoms. The van der Waals surface area contributed by atoms with E-state index in [1.165, 1.54) is 13.8 Å². The molecule has 2 unspecified atom stereocenters. The van der Waals surface area contributed by atoms with E-state index in [0.717, 1.165) is 38.8 Å². The van der Waals surface area contributed by atoms with Crippen LogP contribution < -0.4 is 5.32 Å². The van der Waals surface area contributed by atoms with E-state index in [2.05, 4.69) is 20.4 Å². The zero-order valence-corrected chi connectivity index (χ0v) is 23.2. The van der Waals surface area contributed by atoms with Gasteiger partial charge in [0.25, 0.3) is 0 Å². The molecular weight excluding hydrogens is 558 g/mol. The molecule has 0 radical (unpaired) electrons. The molecule has 7 atom stereocenters. The van der Waals surface area contributed by atoms with E-state index in [-0.39, 0.29) is 12.1 Å². The molecule has 0 saturated carbocycles. The number of esters is 4. The number of amides is 1. The van der Waals surface area contributed by atoms with Gasteiger partial charge in [-0.1, -0.05) is 19.1 Å². The number of nitrogens with zero attached hydrogens (tertiary/aromatic N) is 3. The van der Waals surface area contributed by atoms with E-state index in [1.54, 1.807) is 0 Å². The number of hydrogen-bond acceptors (Lipinski definition) is 13. The number of ether oxygens (including phenoxy) is 5. The first-order valence-corrected chi connectivity index (χ1v) is 12.4. The van der Waals surface area contributed by atoms with Crippen molar-refractivity contribution >= 4 is 36.1 Å². The molecule has 1 saturated heterocycles. The summed E-state index contributed by atoms with van der Waals surface area (Å²) >= 11 is 0. The topological polar surface area (TPSA) is 191 Å². The predicted octanol–water partition coefficient (Wildman–Crippen LogP) is -0.296. The Kier molecular flexibility index (Phi) is 11.4. The Balaban J connectivity index is 2.83. The van der Waals surface area contributed by atoms with E-state index in [0.29, 0.717) is 6.29 Å². The van der Waals surface area contributed by atoms with Crippen molar-refractivity contribution in [2.45, 2.75) is 83.5 Å². The molecule has 1 fully saturated rings. The van der Waals surface area contributed by atoms with Crippen LogP contribution in [0.3, 0.4) is 0 Å². The first-order chi connectivity index (χ1) is 19.2. The van der Waals surface area contributed by atoms with Crippen molar-refractivity contribution in [3.8, 4) is 0 Å². The number of carbonyl (C=O) groups excluding carboxylic acids is 6. The normalized spacial score (nSPS) is 25.4. The highest BCUT2D eigenvalue weighted by atomic mass is 19.2. The standard InChI is InChI=1S/C24H32F2N4O11/c1-11(2)22(35)27-17-18(30-9-15(7-8-31)28-29-30)21(25)24(26,23(36)37-6)41-20(17)19(40-14(5)34)16(39-13(4)33)10-38-12(3)32/h8-9,11,16-21H,7,10H2,1-6H3,(H,27,35)/t16-,17-,18?,19-,20?,21+,24-/m1/s1.